The van der Waals surface area contributed by atoms with Gasteiger partial charge >= 0.3 is 5.97 Å². The van der Waals surface area contributed by atoms with Gasteiger partial charge in [-0.25, -0.2) is 0 Å². The van der Waals surface area contributed by atoms with Gasteiger partial charge in [0.05, 0.1) is 25.8 Å². The number of carbonyl (C=O) groups is 1. The maximum absolute atomic E-state index is 11.3. The third-order valence-electron chi connectivity index (χ3n) is 2.22. The molecule has 4 nitrogen and oxygen atoms in total. The van der Waals surface area contributed by atoms with Crippen molar-refractivity contribution in [2.24, 2.45) is 5.92 Å². The number of nitrogens with one attached hydrogen (secondary N) is 1. The summed E-state index contributed by atoms with van der Waals surface area (Å²) in [6.45, 7) is 0. The molecule has 14 heavy (non-hydrogen) atoms. The van der Waals surface area contributed by atoms with E-state index in [2.05, 4.69) is 10.1 Å². The standard InChI is InChI=1S/C10H15NO3/c1-11-8-5-4-7(10(12)14-3)6-9(8)13-2/h4-5,7,11H,6H2,1-3H3. The summed E-state index contributed by atoms with van der Waals surface area (Å²) in [5, 5.41) is 3.00. The first kappa shape index (κ1) is 10.6. The first-order valence-corrected chi connectivity index (χ1v) is 4.43. The minimum Gasteiger partial charge on any atom is -0.499 e. The van der Waals surface area contributed by atoms with E-state index >= 15 is 0 Å². The van der Waals surface area contributed by atoms with Crippen LogP contribution in [0.1, 0.15) is 6.42 Å². The van der Waals surface area contributed by atoms with E-state index in [1.807, 2.05) is 19.2 Å². The largest absolute Gasteiger partial charge is 0.499 e. The number of hydrogen-bond acceptors (Lipinski definition) is 4. The fraction of sp³-hybridized carbons (Fsp3) is 0.500. The number of allylic oxidation sites excluding steroid dienone is 2. The normalized spacial score (nSPS) is 20.6. The Balaban J connectivity index is 2.76. The Kier molecular flexibility index (Phi) is 3.56. The quantitative estimate of drug-likeness (QED) is 0.680. The Morgan fingerprint density at radius 2 is 2.29 bits per heavy atom. The molecule has 78 valence electrons. The van der Waals surface area contributed by atoms with E-state index in [1.54, 1.807) is 7.11 Å². The molecule has 0 amide bonds. The molecule has 0 aromatic rings. The van der Waals surface area contributed by atoms with Gasteiger partial charge in [-0.15, -0.1) is 0 Å². The highest BCUT2D eigenvalue weighted by molar-refractivity contribution is 5.75. The van der Waals surface area contributed by atoms with E-state index in [9.17, 15) is 4.79 Å². The molecule has 1 aliphatic carbocycles. The molecule has 0 aromatic heterocycles. The number of rotatable bonds is 3. The zero-order chi connectivity index (χ0) is 10.6. The van der Waals surface area contributed by atoms with Crippen molar-refractivity contribution in [2.75, 3.05) is 21.3 Å². The van der Waals surface area contributed by atoms with Gasteiger partial charge in [0.2, 0.25) is 0 Å². The second-order valence-corrected chi connectivity index (χ2v) is 2.98. The third kappa shape index (κ3) is 2.07. The number of esters is 1. The van der Waals surface area contributed by atoms with Gasteiger partial charge in [-0.2, -0.15) is 0 Å². The summed E-state index contributed by atoms with van der Waals surface area (Å²) in [5.74, 6) is 0.323. The lowest BCUT2D eigenvalue weighted by Crippen LogP contribution is -2.21. The molecular formula is C10H15NO3. The van der Waals surface area contributed by atoms with Crippen LogP contribution in [-0.4, -0.2) is 27.2 Å². The van der Waals surface area contributed by atoms with Crippen LogP contribution < -0.4 is 5.32 Å². The van der Waals surface area contributed by atoms with Gasteiger partial charge in [-0.1, -0.05) is 6.08 Å². The average Bonchev–Trinajstić information content (AvgIpc) is 2.26. The van der Waals surface area contributed by atoms with Gasteiger partial charge in [0.25, 0.3) is 0 Å². The molecule has 1 unspecified atom stereocenters. The highest BCUT2D eigenvalue weighted by atomic mass is 16.5. The Labute approximate surface area is 83.6 Å². The van der Waals surface area contributed by atoms with Crippen molar-refractivity contribution in [1.29, 1.82) is 0 Å². The number of hydrogen-bond donors (Lipinski definition) is 1. The predicted molar refractivity (Wildman–Crippen MR) is 52.4 cm³/mol. The summed E-state index contributed by atoms with van der Waals surface area (Å²) in [5.41, 5.74) is 0.910. The van der Waals surface area contributed by atoms with Gasteiger partial charge < -0.3 is 14.8 Å². The van der Waals surface area contributed by atoms with Crippen LogP contribution >= 0.6 is 0 Å². The van der Waals surface area contributed by atoms with Crippen LogP contribution in [0.4, 0.5) is 0 Å². The van der Waals surface area contributed by atoms with Crippen LogP contribution in [0, 0.1) is 5.92 Å². The third-order valence-corrected chi connectivity index (χ3v) is 2.22. The minimum absolute atomic E-state index is 0.230. The average molecular weight is 197 g/mol. The highest BCUT2D eigenvalue weighted by Crippen LogP contribution is 2.23. The zero-order valence-electron chi connectivity index (χ0n) is 8.66. The van der Waals surface area contributed by atoms with Crippen molar-refractivity contribution < 1.29 is 14.3 Å². The van der Waals surface area contributed by atoms with Gasteiger partial charge in [-0.3, -0.25) is 4.79 Å². The molecule has 0 fully saturated rings. The van der Waals surface area contributed by atoms with Crippen LogP contribution in [0.25, 0.3) is 0 Å². The fourth-order valence-electron chi connectivity index (χ4n) is 1.41. The predicted octanol–water partition coefficient (Wildman–Crippen LogP) is 0.813. The molecule has 4 heteroatoms. The lowest BCUT2D eigenvalue weighted by atomic mass is 9.98. The summed E-state index contributed by atoms with van der Waals surface area (Å²) in [7, 11) is 4.80. The number of ether oxygens (including phenoxy) is 2. The molecular weight excluding hydrogens is 182 g/mol. The fourth-order valence-corrected chi connectivity index (χ4v) is 1.41. The Morgan fingerprint density at radius 3 is 2.79 bits per heavy atom. The molecule has 0 spiro atoms. The first-order chi connectivity index (χ1) is 6.72. The zero-order valence-corrected chi connectivity index (χ0v) is 8.66. The van der Waals surface area contributed by atoms with Crippen LogP contribution in [0.5, 0.6) is 0 Å². The molecule has 1 rings (SSSR count). The molecule has 1 aliphatic rings. The number of likely N-dealkylation sites (N-methyl/N-ethyl adjacent to an activating group) is 1. The topological polar surface area (TPSA) is 47.6 Å². The second-order valence-electron chi connectivity index (χ2n) is 2.98. The molecule has 0 radical (unpaired) electrons. The molecule has 0 aliphatic heterocycles. The SMILES string of the molecule is CNC1=C(OC)CC(C(=O)OC)C=C1. The molecule has 0 heterocycles. The van der Waals surface area contributed by atoms with Gasteiger partial charge in [0.1, 0.15) is 5.76 Å². The number of methoxy groups -OCH3 is 2. The number of carbonyl (C=O) groups excluding carboxylic acids is 1. The van der Waals surface area contributed by atoms with Crippen molar-refractivity contribution in [3.05, 3.63) is 23.6 Å². The lowest BCUT2D eigenvalue weighted by Gasteiger charge is -2.19. The first-order valence-electron chi connectivity index (χ1n) is 4.43. The van der Waals surface area contributed by atoms with Gasteiger partial charge in [0, 0.05) is 13.5 Å². The molecule has 0 bridgehead atoms. The van der Waals surface area contributed by atoms with Gasteiger partial charge in [-0.05, 0) is 6.08 Å². The van der Waals surface area contributed by atoms with Gasteiger partial charge in [0.15, 0.2) is 0 Å². The van der Waals surface area contributed by atoms with Crippen LogP contribution in [0.3, 0.4) is 0 Å². The van der Waals surface area contributed by atoms with E-state index in [1.165, 1.54) is 7.11 Å². The minimum atomic E-state index is -0.231. The molecule has 0 aromatic carbocycles. The van der Waals surface area contributed by atoms with E-state index < -0.39 is 0 Å². The van der Waals surface area contributed by atoms with Crippen molar-refractivity contribution in [2.45, 2.75) is 6.42 Å². The smallest absolute Gasteiger partial charge is 0.312 e. The van der Waals surface area contributed by atoms with Crippen molar-refractivity contribution in [1.82, 2.24) is 5.32 Å². The van der Waals surface area contributed by atoms with Crippen LogP contribution in [0.2, 0.25) is 0 Å². The second kappa shape index (κ2) is 4.69. The Morgan fingerprint density at radius 1 is 1.57 bits per heavy atom. The summed E-state index contributed by atoms with van der Waals surface area (Å²) < 4.78 is 9.84. The Bertz CT molecular complexity index is 281. The van der Waals surface area contributed by atoms with Crippen LogP contribution in [-0.2, 0) is 14.3 Å². The lowest BCUT2D eigenvalue weighted by molar-refractivity contribution is -0.143. The molecule has 0 saturated heterocycles. The van der Waals surface area contributed by atoms with E-state index in [0.29, 0.717) is 6.42 Å². The summed E-state index contributed by atoms with van der Waals surface area (Å²) in [6.07, 6.45) is 4.21. The summed E-state index contributed by atoms with van der Waals surface area (Å²) >= 11 is 0. The monoisotopic (exact) mass is 197 g/mol. The molecule has 0 saturated carbocycles. The van der Waals surface area contributed by atoms with E-state index in [0.717, 1.165) is 11.5 Å². The maximum atomic E-state index is 11.3. The van der Waals surface area contributed by atoms with Crippen molar-refractivity contribution in [3.63, 3.8) is 0 Å². The molecule has 1 atom stereocenters. The Hall–Kier alpha value is -1.45. The van der Waals surface area contributed by atoms with E-state index in [-0.39, 0.29) is 11.9 Å². The summed E-state index contributed by atoms with van der Waals surface area (Å²) in [6, 6.07) is 0. The highest BCUT2D eigenvalue weighted by Gasteiger charge is 2.23. The summed E-state index contributed by atoms with van der Waals surface area (Å²) in [4.78, 5) is 11.3. The van der Waals surface area contributed by atoms with Crippen molar-refractivity contribution in [3.8, 4) is 0 Å². The van der Waals surface area contributed by atoms with Crippen molar-refractivity contribution >= 4 is 5.97 Å². The molecule has 1 N–H and O–H groups in total. The van der Waals surface area contributed by atoms with Crippen LogP contribution in [0.15, 0.2) is 23.6 Å². The maximum Gasteiger partial charge on any atom is 0.312 e. The van der Waals surface area contributed by atoms with E-state index in [4.69, 9.17) is 4.74 Å².